The van der Waals surface area contributed by atoms with Crippen molar-refractivity contribution in [3.8, 4) is 39.8 Å². The van der Waals surface area contributed by atoms with Gasteiger partial charge in [-0.15, -0.1) is 0 Å². The summed E-state index contributed by atoms with van der Waals surface area (Å²) in [5.41, 5.74) is 10.3. The Labute approximate surface area is 305 Å². The van der Waals surface area contributed by atoms with Crippen LogP contribution in [0.4, 0.5) is 17.1 Å². The van der Waals surface area contributed by atoms with Gasteiger partial charge in [-0.25, -0.2) is 9.97 Å². The standard InChI is InChI=1S/C48H30N4O/c1-3-14-32(15-4-1)47-37-19-9-10-20-39(37)49-48(50-47)52-40-26-24-33(29-38(40)46-36-18-8-7-13-31(36)23-28-43(46)52)34-25-27-42-45(30-34)53-44-22-12-11-21-41(44)51(42)35-16-5-2-6-17-35/h1-30H. The molecule has 11 rings (SSSR count). The fraction of sp³-hybridized carbons (Fsp3) is 0. The average Bonchev–Trinajstić information content (AvgIpc) is 3.57. The number of benzene rings is 8. The Morgan fingerprint density at radius 2 is 1.11 bits per heavy atom. The number of fused-ring (bicyclic) bond motifs is 8. The molecule has 0 saturated carbocycles. The Morgan fingerprint density at radius 3 is 2.00 bits per heavy atom. The summed E-state index contributed by atoms with van der Waals surface area (Å²) in [5, 5.41) is 5.73. The second-order valence-corrected chi connectivity index (χ2v) is 13.4. The Hall–Kier alpha value is -7.24. The van der Waals surface area contributed by atoms with E-state index in [9.17, 15) is 0 Å². The van der Waals surface area contributed by atoms with Gasteiger partial charge in [0.15, 0.2) is 11.5 Å². The van der Waals surface area contributed by atoms with Crippen LogP contribution in [0.2, 0.25) is 0 Å². The van der Waals surface area contributed by atoms with Crippen LogP contribution in [0.15, 0.2) is 182 Å². The van der Waals surface area contributed by atoms with Crippen LogP contribution in [0.25, 0.3) is 71.8 Å². The van der Waals surface area contributed by atoms with Crippen molar-refractivity contribution < 1.29 is 4.74 Å². The molecule has 8 aromatic carbocycles. The van der Waals surface area contributed by atoms with E-state index < -0.39 is 0 Å². The molecular formula is C48H30N4O. The van der Waals surface area contributed by atoms with Crippen LogP contribution in [0.5, 0.6) is 11.5 Å². The van der Waals surface area contributed by atoms with Gasteiger partial charge in [-0.3, -0.25) is 4.57 Å². The lowest BCUT2D eigenvalue weighted by molar-refractivity contribution is 0.477. The quantitative estimate of drug-likeness (QED) is 0.186. The Balaban J connectivity index is 1.13. The fourth-order valence-corrected chi connectivity index (χ4v) is 7.96. The molecule has 0 amide bonds. The van der Waals surface area contributed by atoms with Crippen molar-refractivity contribution in [3.05, 3.63) is 182 Å². The molecule has 5 heteroatoms. The summed E-state index contributed by atoms with van der Waals surface area (Å²) in [5.74, 6) is 2.29. The maximum Gasteiger partial charge on any atom is 0.235 e. The van der Waals surface area contributed by atoms with Crippen molar-refractivity contribution in [1.82, 2.24) is 14.5 Å². The predicted molar refractivity (Wildman–Crippen MR) is 217 cm³/mol. The largest absolute Gasteiger partial charge is 0.453 e. The van der Waals surface area contributed by atoms with E-state index in [-0.39, 0.29) is 0 Å². The normalized spacial score (nSPS) is 12.3. The van der Waals surface area contributed by atoms with E-state index in [1.54, 1.807) is 0 Å². The van der Waals surface area contributed by atoms with E-state index in [1.165, 1.54) is 16.2 Å². The van der Waals surface area contributed by atoms with Crippen molar-refractivity contribution in [3.63, 3.8) is 0 Å². The van der Waals surface area contributed by atoms with Crippen LogP contribution in [-0.2, 0) is 0 Å². The molecule has 53 heavy (non-hydrogen) atoms. The summed E-state index contributed by atoms with van der Waals surface area (Å²) in [7, 11) is 0. The van der Waals surface area contributed by atoms with Gasteiger partial charge in [0.2, 0.25) is 5.95 Å². The zero-order valence-corrected chi connectivity index (χ0v) is 28.5. The van der Waals surface area contributed by atoms with E-state index in [1.807, 2.05) is 30.3 Å². The summed E-state index contributed by atoms with van der Waals surface area (Å²) >= 11 is 0. The minimum absolute atomic E-state index is 0.646. The molecule has 0 atom stereocenters. The average molecular weight is 679 g/mol. The van der Waals surface area contributed by atoms with Gasteiger partial charge in [-0.05, 0) is 82.6 Å². The number of hydrogen-bond donors (Lipinski definition) is 0. The molecule has 0 aliphatic carbocycles. The van der Waals surface area contributed by atoms with Gasteiger partial charge in [0, 0.05) is 27.4 Å². The maximum absolute atomic E-state index is 6.59. The van der Waals surface area contributed by atoms with E-state index in [0.29, 0.717) is 5.95 Å². The molecule has 0 saturated heterocycles. The molecule has 5 nitrogen and oxygen atoms in total. The first-order chi connectivity index (χ1) is 26.3. The lowest BCUT2D eigenvalue weighted by Crippen LogP contribution is -2.15. The molecule has 1 aliphatic heterocycles. The monoisotopic (exact) mass is 678 g/mol. The van der Waals surface area contributed by atoms with Crippen LogP contribution in [0, 0.1) is 0 Å². The molecule has 3 heterocycles. The van der Waals surface area contributed by atoms with Crippen LogP contribution in [0.3, 0.4) is 0 Å². The number of para-hydroxylation sites is 4. The van der Waals surface area contributed by atoms with Crippen LogP contribution >= 0.6 is 0 Å². The predicted octanol–water partition coefficient (Wildman–Crippen LogP) is 12.8. The summed E-state index contributed by atoms with van der Waals surface area (Å²) in [6.07, 6.45) is 0. The third kappa shape index (κ3) is 4.64. The zero-order valence-electron chi connectivity index (χ0n) is 28.5. The minimum atomic E-state index is 0.646. The first kappa shape index (κ1) is 29.5. The number of nitrogens with zero attached hydrogens (tertiary/aromatic N) is 4. The highest BCUT2D eigenvalue weighted by atomic mass is 16.5. The first-order valence-corrected chi connectivity index (χ1v) is 17.8. The topological polar surface area (TPSA) is 43.2 Å². The van der Waals surface area contributed by atoms with Gasteiger partial charge in [0.25, 0.3) is 0 Å². The smallest absolute Gasteiger partial charge is 0.235 e. The molecule has 2 aromatic heterocycles. The highest BCUT2D eigenvalue weighted by molar-refractivity contribution is 6.21. The molecule has 10 aromatic rings. The second-order valence-electron chi connectivity index (χ2n) is 13.4. The molecule has 0 radical (unpaired) electrons. The Morgan fingerprint density at radius 1 is 0.434 bits per heavy atom. The summed E-state index contributed by atoms with van der Waals surface area (Å²) in [4.78, 5) is 12.8. The van der Waals surface area contributed by atoms with Gasteiger partial charge in [-0.2, -0.15) is 0 Å². The van der Waals surface area contributed by atoms with E-state index in [2.05, 4.69) is 161 Å². The lowest BCUT2D eigenvalue weighted by Gasteiger charge is -2.33. The molecule has 0 fully saturated rings. The highest BCUT2D eigenvalue weighted by Crippen LogP contribution is 2.51. The fourth-order valence-electron chi connectivity index (χ4n) is 7.96. The van der Waals surface area contributed by atoms with Crippen molar-refractivity contribution in [1.29, 1.82) is 0 Å². The first-order valence-electron chi connectivity index (χ1n) is 17.8. The van der Waals surface area contributed by atoms with Crippen LogP contribution < -0.4 is 9.64 Å². The number of anilines is 3. The second kappa shape index (κ2) is 11.7. The summed E-state index contributed by atoms with van der Waals surface area (Å²) in [6, 6.07) is 63.6. The SMILES string of the molecule is c1ccc(-c2nc(-n3c4ccc(-c5ccc6c(c5)Oc5ccccc5N6c5ccccc5)cc4c4c5ccccc5ccc43)nc3ccccc23)cc1. The van der Waals surface area contributed by atoms with Crippen molar-refractivity contribution in [2.45, 2.75) is 0 Å². The molecule has 0 bridgehead atoms. The molecule has 0 N–H and O–H groups in total. The van der Waals surface area contributed by atoms with Gasteiger partial charge in [-0.1, -0.05) is 121 Å². The van der Waals surface area contributed by atoms with Gasteiger partial charge in [0.1, 0.15) is 0 Å². The number of hydrogen-bond acceptors (Lipinski definition) is 4. The number of aromatic nitrogens is 3. The van der Waals surface area contributed by atoms with Gasteiger partial charge >= 0.3 is 0 Å². The van der Waals surface area contributed by atoms with Crippen molar-refractivity contribution >= 4 is 60.5 Å². The molecule has 0 spiro atoms. The number of rotatable bonds is 4. The lowest BCUT2D eigenvalue weighted by atomic mass is 9.99. The summed E-state index contributed by atoms with van der Waals surface area (Å²) in [6.45, 7) is 0. The van der Waals surface area contributed by atoms with E-state index >= 15 is 0 Å². The Bertz CT molecular complexity index is 3040. The third-order valence-corrected chi connectivity index (χ3v) is 10.4. The van der Waals surface area contributed by atoms with E-state index in [4.69, 9.17) is 14.7 Å². The van der Waals surface area contributed by atoms with Crippen LogP contribution in [0.1, 0.15) is 0 Å². The molecule has 0 unspecified atom stereocenters. The van der Waals surface area contributed by atoms with Crippen molar-refractivity contribution in [2.75, 3.05) is 4.90 Å². The van der Waals surface area contributed by atoms with Gasteiger partial charge in [0.05, 0.1) is 33.6 Å². The minimum Gasteiger partial charge on any atom is -0.453 e. The highest BCUT2D eigenvalue weighted by Gasteiger charge is 2.26. The molecule has 1 aliphatic rings. The molecule has 248 valence electrons. The van der Waals surface area contributed by atoms with Crippen LogP contribution in [-0.4, -0.2) is 14.5 Å². The van der Waals surface area contributed by atoms with Gasteiger partial charge < -0.3 is 9.64 Å². The third-order valence-electron chi connectivity index (χ3n) is 10.4. The number of ether oxygens (including phenoxy) is 1. The zero-order chi connectivity index (χ0) is 34.9. The summed E-state index contributed by atoms with van der Waals surface area (Å²) < 4.78 is 8.82. The maximum atomic E-state index is 6.59. The Kier molecular flexibility index (Phi) is 6.48. The molecular weight excluding hydrogens is 649 g/mol. The van der Waals surface area contributed by atoms with E-state index in [0.717, 1.165) is 78.3 Å². The van der Waals surface area contributed by atoms with Crippen molar-refractivity contribution in [2.24, 2.45) is 0 Å².